The van der Waals surface area contributed by atoms with E-state index in [-0.39, 0.29) is 0 Å². The molecule has 0 aliphatic carbocycles. The smallest absolute Gasteiger partial charge is 0.203 e. The highest BCUT2D eigenvalue weighted by Crippen LogP contribution is 2.12. The fourth-order valence-corrected chi connectivity index (χ4v) is 2.37. The molecule has 0 saturated carbocycles. The van der Waals surface area contributed by atoms with Crippen LogP contribution in [0.5, 0.6) is 0 Å². The average Bonchev–Trinajstić information content (AvgIpc) is 3.02. The van der Waals surface area contributed by atoms with Gasteiger partial charge in [-0.25, -0.2) is 4.98 Å². The van der Waals surface area contributed by atoms with Gasteiger partial charge < -0.3 is 14.6 Å². The molecule has 5 nitrogen and oxygen atoms in total. The topological polar surface area (TPSA) is 52.0 Å². The zero-order valence-electron chi connectivity index (χ0n) is 11.4. The number of nitrogens with zero attached hydrogens (tertiary/aromatic N) is 3. The number of imidazole rings is 1. The van der Waals surface area contributed by atoms with Crippen LogP contribution in [-0.2, 0) is 17.8 Å². The first-order valence-corrected chi connectivity index (χ1v) is 7.40. The van der Waals surface area contributed by atoms with Crippen molar-refractivity contribution in [1.29, 1.82) is 0 Å². The lowest BCUT2D eigenvalue weighted by atomic mass is 10.4. The Labute approximate surface area is 117 Å². The van der Waals surface area contributed by atoms with Gasteiger partial charge in [-0.1, -0.05) is 0 Å². The van der Waals surface area contributed by atoms with E-state index in [1.54, 1.807) is 11.3 Å². The number of nitrogens with one attached hydrogen (secondary N) is 1. The van der Waals surface area contributed by atoms with E-state index in [1.165, 1.54) is 4.88 Å². The molecule has 2 aromatic heterocycles. The summed E-state index contributed by atoms with van der Waals surface area (Å²) >= 11 is 1.65. The Balaban J connectivity index is 1.88. The highest BCUT2D eigenvalue weighted by Gasteiger charge is 2.05. The highest BCUT2D eigenvalue weighted by atomic mass is 32.1. The van der Waals surface area contributed by atoms with Gasteiger partial charge in [0, 0.05) is 37.0 Å². The maximum atomic E-state index is 5.36. The van der Waals surface area contributed by atoms with Gasteiger partial charge in [0.1, 0.15) is 0 Å². The molecule has 0 aliphatic rings. The van der Waals surface area contributed by atoms with Crippen molar-refractivity contribution in [3.8, 4) is 0 Å². The standard InChI is InChI=1S/C13H20N4OS/c1-3-18-6-4-5-17-9-11(2)16-13(17)15-8-12-7-14-10-19-12/h7,9-10H,3-6,8H2,1-2H3,(H,15,16). The highest BCUT2D eigenvalue weighted by molar-refractivity contribution is 7.09. The molecule has 0 atom stereocenters. The maximum absolute atomic E-state index is 5.36. The molecule has 0 spiro atoms. The van der Waals surface area contributed by atoms with E-state index in [9.17, 15) is 0 Å². The lowest BCUT2D eigenvalue weighted by Gasteiger charge is -2.08. The van der Waals surface area contributed by atoms with Crippen LogP contribution >= 0.6 is 11.3 Å². The Morgan fingerprint density at radius 3 is 3.11 bits per heavy atom. The number of ether oxygens (including phenoxy) is 1. The van der Waals surface area contributed by atoms with Crippen LogP contribution < -0.4 is 5.32 Å². The molecular weight excluding hydrogens is 260 g/mol. The summed E-state index contributed by atoms with van der Waals surface area (Å²) in [6.07, 6.45) is 4.95. The molecule has 0 amide bonds. The van der Waals surface area contributed by atoms with Crippen LogP contribution in [0.15, 0.2) is 17.9 Å². The van der Waals surface area contributed by atoms with Crippen LogP contribution in [0.25, 0.3) is 0 Å². The predicted octanol–water partition coefficient (Wildman–Crippen LogP) is 2.69. The summed E-state index contributed by atoms with van der Waals surface area (Å²) in [6, 6.07) is 0. The minimum atomic E-state index is 0.770. The number of aryl methyl sites for hydroxylation is 2. The molecule has 0 bridgehead atoms. The van der Waals surface area contributed by atoms with E-state index >= 15 is 0 Å². The monoisotopic (exact) mass is 280 g/mol. The van der Waals surface area contributed by atoms with Crippen molar-refractivity contribution in [1.82, 2.24) is 14.5 Å². The SMILES string of the molecule is CCOCCCn1cc(C)nc1NCc1cncs1. The molecular formula is C13H20N4OS. The Kier molecular flexibility index (Phi) is 5.35. The van der Waals surface area contributed by atoms with E-state index in [2.05, 4.69) is 26.0 Å². The van der Waals surface area contributed by atoms with E-state index in [1.807, 2.05) is 25.6 Å². The molecule has 0 aliphatic heterocycles. The number of hydrogen-bond donors (Lipinski definition) is 1. The lowest BCUT2D eigenvalue weighted by Crippen LogP contribution is -2.08. The van der Waals surface area contributed by atoms with Crippen LogP contribution in [0, 0.1) is 6.92 Å². The third-order valence-electron chi connectivity index (χ3n) is 2.69. The lowest BCUT2D eigenvalue weighted by molar-refractivity contribution is 0.142. The van der Waals surface area contributed by atoms with Crippen LogP contribution in [0.4, 0.5) is 5.95 Å². The summed E-state index contributed by atoms with van der Waals surface area (Å²) in [5, 5.41) is 3.36. The second-order valence-electron chi connectivity index (χ2n) is 4.27. The molecule has 2 aromatic rings. The normalized spacial score (nSPS) is 10.8. The predicted molar refractivity (Wildman–Crippen MR) is 77.5 cm³/mol. The minimum absolute atomic E-state index is 0.770. The second-order valence-corrected chi connectivity index (χ2v) is 5.24. The second kappa shape index (κ2) is 7.25. The van der Waals surface area contributed by atoms with Gasteiger partial charge in [-0.3, -0.25) is 4.98 Å². The minimum Gasteiger partial charge on any atom is -0.382 e. The zero-order valence-corrected chi connectivity index (χ0v) is 12.2. The molecule has 2 heterocycles. The van der Waals surface area contributed by atoms with E-state index in [0.29, 0.717) is 0 Å². The summed E-state index contributed by atoms with van der Waals surface area (Å²) in [7, 11) is 0. The number of thiazole rings is 1. The van der Waals surface area contributed by atoms with Crippen molar-refractivity contribution >= 4 is 17.3 Å². The zero-order chi connectivity index (χ0) is 13.5. The van der Waals surface area contributed by atoms with Gasteiger partial charge in [0.15, 0.2) is 0 Å². The Morgan fingerprint density at radius 1 is 1.47 bits per heavy atom. The Morgan fingerprint density at radius 2 is 2.37 bits per heavy atom. The van der Waals surface area contributed by atoms with Crippen molar-refractivity contribution in [2.45, 2.75) is 33.4 Å². The number of anilines is 1. The molecule has 0 unspecified atom stereocenters. The molecule has 1 N–H and O–H groups in total. The van der Waals surface area contributed by atoms with Crippen molar-refractivity contribution in [3.05, 3.63) is 28.5 Å². The largest absolute Gasteiger partial charge is 0.382 e. The van der Waals surface area contributed by atoms with E-state index in [4.69, 9.17) is 4.74 Å². The summed E-state index contributed by atoms with van der Waals surface area (Å²) in [6.45, 7) is 7.29. The van der Waals surface area contributed by atoms with Crippen molar-refractivity contribution in [3.63, 3.8) is 0 Å². The maximum Gasteiger partial charge on any atom is 0.203 e. The first-order chi connectivity index (χ1) is 9.29. The first-order valence-electron chi connectivity index (χ1n) is 6.52. The molecule has 104 valence electrons. The summed E-state index contributed by atoms with van der Waals surface area (Å²) in [4.78, 5) is 9.78. The molecule has 2 rings (SSSR count). The van der Waals surface area contributed by atoms with Crippen LogP contribution in [0.3, 0.4) is 0 Å². The van der Waals surface area contributed by atoms with E-state index < -0.39 is 0 Å². The Hall–Kier alpha value is -1.40. The van der Waals surface area contributed by atoms with Gasteiger partial charge in [-0.05, 0) is 20.3 Å². The van der Waals surface area contributed by atoms with Crippen molar-refractivity contribution in [2.75, 3.05) is 18.5 Å². The summed E-state index contributed by atoms with van der Waals surface area (Å²) in [5.74, 6) is 0.919. The van der Waals surface area contributed by atoms with Crippen molar-refractivity contribution in [2.24, 2.45) is 0 Å². The van der Waals surface area contributed by atoms with Crippen LogP contribution in [0.2, 0.25) is 0 Å². The van der Waals surface area contributed by atoms with Gasteiger partial charge in [0.2, 0.25) is 5.95 Å². The third kappa shape index (κ3) is 4.33. The van der Waals surface area contributed by atoms with Gasteiger partial charge in [-0.2, -0.15) is 0 Å². The third-order valence-corrected chi connectivity index (χ3v) is 3.47. The van der Waals surface area contributed by atoms with Crippen LogP contribution in [0.1, 0.15) is 23.9 Å². The molecule has 0 saturated heterocycles. The number of hydrogen-bond acceptors (Lipinski definition) is 5. The molecule has 6 heteroatoms. The van der Waals surface area contributed by atoms with Gasteiger partial charge in [-0.15, -0.1) is 11.3 Å². The van der Waals surface area contributed by atoms with Gasteiger partial charge in [0.05, 0.1) is 17.7 Å². The number of aromatic nitrogens is 3. The molecule has 0 aromatic carbocycles. The fraction of sp³-hybridized carbons (Fsp3) is 0.538. The Bertz CT molecular complexity index is 481. The summed E-state index contributed by atoms with van der Waals surface area (Å²) < 4.78 is 7.51. The molecule has 19 heavy (non-hydrogen) atoms. The summed E-state index contributed by atoms with van der Waals surface area (Å²) in [5.41, 5.74) is 2.87. The van der Waals surface area contributed by atoms with Crippen molar-refractivity contribution < 1.29 is 4.74 Å². The fourth-order valence-electron chi connectivity index (χ4n) is 1.84. The van der Waals surface area contributed by atoms with Crippen LogP contribution in [-0.4, -0.2) is 27.7 Å². The molecule has 0 radical (unpaired) electrons. The van der Waals surface area contributed by atoms with Gasteiger partial charge in [0.25, 0.3) is 0 Å². The molecule has 0 fully saturated rings. The van der Waals surface area contributed by atoms with Gasteiger partial charge >= 0.3 is 0 Å². The quantitative estimate of drug-likeness (QED) is 0.755. The first kappa shape index (κ1) is 14.0. The number of rotatable bonds is 8. The van der Waals surface area contributed by atoms with E-state index in [0.717, 1.165) is 44.4 Å². The average molecular weight is 280 g/mol.